The van der Waals surface area contributed by atoms with E-state index in [1.165, 1.54) is 12.4 Å². The van der Waals surface area contributed by atoms with Gasteiger partial charge >= 0.3 is 0 Å². The predicted molar refractivity (Wildman–Crippen MR) is 69.3 cm³/mol. The Hall–Kier alpha value is -1.18. The van der Waals surface area contributed by atoms with Crippen LogP contribution in [0.15, 0.2) is 23.4 Å². The van der Waals surface area contributed by atoms with Crippen LogP contribution in [0, 0.1) is 0 Å². The topological polar surface area (TPSA) is 88.3 Å². The van der Waals surface area contributed by atoms with E-state index in [0.717, 1.165) is 19.3 Å². The van der Waals surface area contributed by atoms with E-state index >= 15 is 0 Å². The van der Waals surface area contributed by atoms with Gasteiger partial charge in [0.25, 0.3) is 0 Å². The Morgan fingerprint density at radius 1 is 1.61 bits per heavy atom. The molecule has 1 aromatic heterocycles. The number of hydrogen-bond donors (Lipinski definition) is 2. The maximum Gasteiger partial charge on any atom is 0.246 e. The minimum absolute atomic E-state index is 0.0841. The lowest BCUT2D eigenvalue weighted by molar-refractivity contribution is 0.379. The van der Waals surface area contributed by atoms with Crippen molar-refractivity contribution in [2.75, 3.05) is 12.0 Å². The van der Waals surface area contributed by atoms with Gasteiger partial charge in [-0.05, 0) is 25.3 Å². The summed E-state index contributed by atoms with van der Waals surface area (Å²) in [6.45, 7) is 2.57. The zero-order chi connectivity index (χ0) is 13.2. The van der Waals surface area contributed by atoms with Crippen molar-refractivity contribution in [1.82, 2.24) is 9.29 Å². The van der Waals surface area contributed by atoms with Gasteiger partial charge in [0.15, 0.2) is 0 Å². The predicted octanol–water partition coefficient (Wildman–Crippen LogP) is 0.930. The lowest BCUT2D eigenvalue weighted by Crippen LogP contribution is -2.35. The Balaban J connectivity index is 2.42. The fourth-order valence-electron chi connectivity index (χ4n) is 2.36. The largest absolute Gasteiger partial charge is 0.323 e. The molecule has 1 aromatic rings. The molecule has 1 saturated heterocycles. The normalized spacial score (nSPS) is 21.1. The first kappa shape index (κ1) is 13.3. The van der Waals surface area contributed by atoms with Gasteiger partial charge in [-0.2, -0.15) is 4.31 Å². The second-order valence-corrected chi connectivity index (χ2v) is 6.20. The number of nitrogens with two attached hydrogens (primary N) is 1. The molecule has 0 spiro atoms. The van der Waals surface area contributed by atoms with Gasteiger partial charge in [0, 0.05) is 25.0 Å². The third-order valence-corrected chi connectivity index (χ3v) is 5.30. The standard InChI is InChI=1S/C11H18N4O2S/c1-2-9-4-3-7-15(9)18(16,17)11-8-13-6-5-10(11)14-12/h5-6,8-9H,2-4,7,12H2,1H3,(H,13,14). The van der Waals surface area contributed by atoms with Crippen LogP contribution in [0.5, 0.6) is 0 Å². The Morgan fingerprint density at radius 2 is 2.39 bits per heavy atom. The zero-order valence-corrected chi connectivity index (χ0v) is 11.2. The maximum atomic E-state index is 12.6. The highest BCUT2D eigenvalue weighted by Crippen LogP contribution is 2.30. The average Bonchev–Trinajstić information content (AvgIpc) is 2.87. The summed E-state index contributed by atoms with van der Waals surface area (Å²) in [7, 11) is -3.51. The molecule has 1 aliphatic rings. The van der Waals surface area contributed by atoms with Gasteiger partial charge in [-0.3, -0.25) is 10.8 Å². The Kier molecular flexibility index (Phi) is 3.84. The first-order chi connectivity index (χ1) is 8.61. The SMILES string of the molecule is CCC1CCCN1S(=O)(=O)c1cnccc1NN. The molecule has 0 aromatic carbocycles. The fraction of sp³-hybridized carbons (Fsp3) is 0.545. The van der Waals surface area contributed by atoms with Gasteiger partial charge in [-0.25, -0.2) is 8.42 Å². The van der Waals surface area contributed by atoms with Crippen molar-refractivity contribution < 1.29 is 8.42 Å². The highest BCUT2D eigenvalue weighted by atomic mass is 32.2. The number of sulfonamides is 1. The monoisotopic (exact) mass is 270 g/mol. The van der Waals surface area contributed by atoms with E-state index in [1.807, 2.05) is 6.92 Å². The second-order valence-electron chi connectivity index (χ2n) is 4.34. The molecule has 0 amide bonds. The molecule has 1 aliphatic heterocycles. The second kappa shape index (κ2) is 5.21. The van der Waals surface area contributed by atoms with Crippen LogP contribution in [0.2, 0.25) is 0 Å². The number of hydrogen-bond acceptors (Lipinski definition) is 5. The quantitative estimate of drug-likeness (QED) is 0.627. The summed E-state index contributed by atoms with van der Waals surface area (Å²) in [5.74, 6) is 5.35. The third kappa shape index (κ3) is 2.21. The van der Waals surface area contributed by atoms with Gasteiger partial charge in [-0.1, -0.05) is 6.92 Å². The van der Waals surface area contributed by atoms with Gasteiger partial charge < -0.3 is 5.43 Å². The van der Waals surface area contributed by atoms with E-state index in [0.29, 0.717) is 12.2 Å². The molecule has 100 valence electrons. The summed E-state index contributed by atoms with van der Waals surface area (Å²) in [4.78, 5) is 4.03. The van der Waals surface area contributed by atoms with Crippen LogP contribution in [0.25, 0.3) is 0 Å². The molecule has 0 aliphatic carbocycles. The van der Waals surface area contributed by atoms with E-state index < -0.39 is 10.0 Å². The lowest BCUT2D eigenvalue weighted by Gasteiger charge is -2.23. The van der Waals surface area contributed by atoms with Crippen molar-refractivity contribution in [1.29, 1.82) is 0 Å². The number of anilines is 1. The third-order valence-electron chi connectivity index (χ3n) is 3.32. The van der Waals surface area contributed by atoms with Crippen molar-refractivity contribution >= 4 is 15.7 Å². The molecule has 7 heteroatoms. The van der Waals surface area contributed by atoms with Crippen LogP contribution in [-0.2, 0) is 10.0 Å². The van der Waals surface area contributed by atoms with Crippen LogP contribution >= 0.6 is 0 Å². The van der Waals surface area contributed by atoms with Gasteiger partial charge in [-0.15, -0.1) is 0 Å². The summed E-state index contributed by atoms with van der Waals surface area (Å²) < 4.78 is 26.7. The van der Waals surface area contributed by atoms with Gasteiger partial charge in [0.1, 0.15) is 4.90 Å². The van der Waals surface area contributed by atoms with Gasteiger partial charge in [0.2, 0.25) is 10.0 Å². The highest BCUT2D eigenvalue weighted by molar-refractivity contribution is 7.89. The van der Waals surface area contributed by atoms with Crippen molar-refractivity contribution in [3.8, 4) is 0 Å². The number of nitrogens with one attached hydrogen (secondary N) is 1. The Bertz CT molecular complexity index is 518. The summed E-state index contributed by atoms with van der Waals surface area (Å²) in [5, 5.41) is 0. The van der Waals surface area contributed by atoms with E-state index in [4.69, 9.17) is 5.84 Å². The Morgan fingerprint density at radius 3 is 3.06 bits per heavy atom. The van der Waals surface area contributed by atoms with Crippen molar-refractivity contribution in [2.24, 2.45) is 5.84 Å². The van der Waals surface area contributed by atoms with Crippen LogP contribution in [-0.4, -0.2) is 30.3 Å². The van der Waals surface area contributed by atoms with Crippen LogP contribution in [0.4, 0.5) is 5.69 Å². The van der Waals surface area contributed by atoms with Crippen molar-refractivity contribution in [3.63, 3.8) is 0 Å². The van der Waals surface area contributed by atoms with Gasteiger partial charge in [0.05, 0.1) is 5.69 Å². The maximum absolute atomic E-state index is 12.6. The fourth-order valence-corrected chi connectivity index (χ4v) is 4.23. The summed E-state index contributed by atoms with van der Waals surface area (Å²) in [6.07, 6.45) is 5.50. The molecule has 1 atom stereocenters. The smallest absolute Gasteiger partial charge is 0.246 e. The van der Waals surface area contributed by atoms with E-state index in [-0.39, 0.29) is 10.9 Å². The Labute approximate surface area is 107 Å². The number of rotatable bonds is 4. The molecule has 0 radical (unpaired) electrons. The molecule has 0 saturated carbocycles. The molecule has 2 heterocycles. The molecule has 1 fully saturated rings. The lowest BCUT2D eigenvalue weighted by atomic mass is 10.2. The summed E-state index contributed by atoms with van der Waals surface area (Å²) in [6, 6.07) is 1.64. The molecule has 6 nitrogen and oxygen atoms in total. The molecule has 18 heavy (non-hydrogen) atoms. The van der Waals surface area contributed by atoms with Crippen LogP contribution < -0.4 is 11.3 Å². The number of aromatic nitrogens is 1. The van der Waals surface area contributed by atoms with Crippen LogP contribution in [0.1, 0.15) is 26.2 Å². The van der Waals surface area contributed by atoms with Crippen molar-refractivity contribution in [2.45, 2.75) is 37.1 Å². The molecule has 0 bridgehead atoms. The molecular weight excluding hydrogens is 252 g/mol. The van der Waals surface area contributed by atoms with E-state index in [2.05, 4.69) is 10.4 Å². The first-order valence-corrected chi connectivity index (χ1v) is 7.47. The van der Waals surface area contributed by atoms with E-state index in [1.54, 1.807) is 10.4 Å². The minimum Gasteiger partial charge on any atom is -0.323 e. The molecule has 2 rings (SSSR count). The first-order valence-electron chi connectivity index (χ1n) is 6.03. The highest BCUT2D eigenvalue weighted by Gasteiger charge is 2.35. The molecule has 3 N–H and O–H groups in total. The zero-order valence-electron chi connectivity index (χ0n) is 10.3. The van der Waals surface area contributed by atoms with Crippen LogP contribution in [0.3, 0.4) is 0 Å². The van der Waals surface area contributed by atoms with E-state index in [9.17, 15) is 8.42 Å². The number of hydrazine groups is 1. The molecular formula is C11H18N4O2S. The summed E-state index contributed by atoms with van der Waals surface area (Å²) in [5.41, 5.74) is 2.79. The number of pyridine rings is 1. The minimum atomic E-state index is -3.51. The number of nitrogen functional groups attached to an aromatic ring is 1. The summed E-state index contributed by atoms with van der Waals surface area (Å²) >= 11 is 0. The van der Waals surface area contributed by atoms with Crippen molar-refractivity contribution in [3.05, 3.63) is 18.5 Å². The average molecular weight is 270 g/mol. The number of nitrogens with zero attached hydrogens (tertiary/aromatic N) is 2. The molecule has 1 unspecified atom stereocenters.